The van der Waals surface area contributed by atoms with Crippen LogP contribution in [0.15, 0.2) is 23.1 Å². The fraction of sp³-hybridized carbons (Fsp3) is 0.667. The van der Waals surface area contributed by atoms with Crippen LogP contribution < -0.4 is 10.9 Å². The van der Waals surface area contributed by atoms with E-state index in [1.54, 1.807) is 10.6 Å². The lowest BCUT2D eigenvalue weighted by atomic mass is 9.99. The first-order valence-electron chi connectivity index (χ1n) is 7.49. The summed E-state index contributed by atoms with van der Waals surface area (Å²) in [6.45, 7) is 5.21. The Balaban J connectivity index is 1.73. The van der Waals surface area contributed by atoms with Gasteiger partial charge in [-0.05, 0) is 38.8 Å². The molecule has 0 aromatic carbocycles. The van der Waals surface area contributed by atoms with Gasteiger partial charge < -0.3 is 9.88 Å². The lowest BCUT2D eigenvalue weighted by Crippen LogP contribution is -2.41. The number of pyridine rings is 1. The number of aryl methyl sites for hydroxylation is 1. The van der Waals surface area contributed by atoms with Crippen LogP contribution >= 0.6 is 0 Å². The van der Waals surface area contributed by atoms with Crippen molar-refractivity contribution in [2.24, 2.45) is 0 Å². The van der Waals surface area contributed by atoms with Gasteiger partial charge in [-0.25, -0.2) is 0 Å². The summed E-state index contributed by atoms with van der Waals surface area (Å²) in [7, 11) is 0. The van der Waals surface area contributed by atoms with E-state index in [0.717, 1.165) is 12.2 Å². The van der Waals surface area contributed by atoms with E-state index in [0.29, 0.717) is 12.1 Å². The molecule has 2 aliphatic heterocycles. The monoisotopic (exact) mass is 261 g/mol. The molecule has 1 aromatic heterocycles. The molecule has 3 heterocycles. The van der Waals surface area contributed by atoms with Gasteiger partial charge in [0.1, 0.15) is 0 Å². The van der Waals surface area contributed by atoms with E-state index in [4.69, 9.17) is 0 Å². The van der Waals surface area contributed by atoms with E-state index in [1.165, 1.54) is 38.8 Å². The normalized spacial score (nSPS) is 27.2. The van der Waals surface area contributed by atoms with E-state index < -0.39 is 0 Å². The lowest BCUT2D eigenvalue weighted by molar-refractivity contribution is 0.192. The van der Waals surface area contributed by atoms with Gasteiger partial charge in [-0.3, -0.25) is 9.69 Å². The highest BCUT2D eigenvalue weighted by Crippen LogP contribution is 2.29. The molecule has 1 aromatic rings. The third-order valence-electron chi connectivity index (χ3n) is 4.53. The van der Waals surface area contributed by atoms with Gasteiger partial charge in [0.2, 0.25) is 0 Å². The molecular formula is C15H23N3O. The Morgan fingerprint density at radius 2 is 2.16 bits per heavy atom. The zero-order valence-electron chi connectivity index (χ0n) is 11.6. The van der Waals surface area contributed by atoms with Crippen LogP contribution in [0.2, 0.25) is 0 Å². The number of nitrogens with zero attached hydrogens (tertiary/aromatic N) is 2. The number of rotatable bonds is 3. The smallest absolute Gasteiger partial charge is 0.250 e. The number of piperidine rings is 1. The molecule has 2 aliphatic rings. The highest BCUT2D eigenvalue weighted by molar-refractivity contribution is 5.42. The minimum Gasteiger partial charge on any atom is -0.379 e. The summed E-state index contributed by atoms with van der Waals surface area (Å²) in [6, 6.07) is 4.82. The van der Waals surface area contributed by atoms with Gasteiger partial charge in [0.25, 0.3) is 5.56 Å². The summed E-state index contributed by atoms with van der Waals surface area (Å²) >= 11 is 0. The zero-order valence-corrected chi connectivity index (χ0v) is 11.6. The van der Waals surface area contributed by atoms with Crippen LogP contribution in [0.5, 0.6) is 0 Å². The van der Waals surface area contributed by atoms with E-state index in [9.17, 15) is 4.79 Å². The summed E-state index contributed by atoms with van der Waals surface area (Å²) < 4.78 is 1.76. The van der Waals surface area contributed by atoms with E-state index >= 15 is 0 Å². The minimum atomic E-state index is 0.0822. The standard InChI is InChI=1S/C15H23N3O/c1-2-17-11-12(6-7-15(17)19)16-13-8-10-18-9-4-3-5-14(13)18/h6-7,11,13-14,16H,2-5,8-10H2,1H3. The molecule has 0 amide bonds. The largest absolute Gasteiger partial charge is 0.379 e. The second kappa shape index (κ2) is 5.37. The van der Waals surface area contributed by atoms with Crippen molar-refractivity contribution in [1.82, 2.24) is 9.47 Å². The fourth-order valence-electron chi connectivity index (χ4n) is 3.49. The molecule has 0 bridgehead atoms. The van der Waals surface area contributed by atoms with Gasteiger partial charge in [0.15, 0.2) is 0 Å². The molecule has 4 nitrogen and oxygen atoms in total. The summed E-state index contributed by atoms with van der Waals surface area (Å²) in [5.74, 6) is 0. The molecule has 4 heteroatoms. The topological polar surface area (TPSA) is 37.3 Å². The number of anilines is 1. The average Bonchev–Trinajstić information content (AvgIpc) is 2.84. The molecule has 2 unspecified atom stereocenters. The first kappa shape index (κ1) is 12.7. The van der Waals surface area contributed by atoms with Crippen molar-refractivity contribution in [2.75, 3.05) is 18.4 Å². The summed E-state index contributed by atoms with van der Waals surface area (Å²) in [4.78, 5) is 14.2. The Hall–Kier alpha value is -1.29. The molecule has 0 radical (unpaired) electrons. The van der Waals surface area contributed by atoms with Gasteiger partial charge in [-0.15, -0.1) is 0 Å². The zero-order chi connectivity index (χ0) is 13.2. The van der Waals surface area contributed by atoms with E-state index in [1.807, 2.05) is 19.2 Å². The van der Waals surface area contributed by atoms with Crippen molar-refractivity contribution in [3.05, 3.63) is 28.7 Å². The van der Waals surface area contributed by atoms with E-state index in [2.05, 4.69) is 10.2 Å². The van der Waals surface area contributed by atoms with Crippen LogP contribution in [0, 0.1) is 0 Å². The maximum atomic E-state index is 11.6. The number of hydrogen-bond acceptors (Lipinski definition) is 3. The molecule has 1 N–H and O–H groups in total. The van der Waals surface area contributed by atoms with Crippen LogP contribution in [-0.2, 0) is 6.54 Å². The Morgan fingerprint density at radius 3 is 3.00 bits per heavy atom. The molecule has 2 fully saturated rings. The second-order valence-corrected chi connectivity index (χ2v) is 5.68. The SMILES string of the molecule is CCn1cc(NC2CCN3CCCCC23)ccc1=O. The molecule has 0 saturated carbocycles. The summed E-state index contributed by atoms with van der Waals surface area (Å²) in [5.41, 5.74) is 1.16. The number of hydrogen-bond donors (Lipinski definition) is 1. The van der Waals surface area contributed by atoms with Crippen molar-refractivity contribution in [1.29, 1.82) is 0 Å². The third kappa shape index (κ3) is 2.54. The summed E-state index contributed by atoms with van der Waals surface area (Å²) in [6.07, 6.45) is 7.19. The van der Waals surface area contributed by atoms with Crippen molar-refractivity contribution >= 4 is 5.69 Å². The van der Waals surface area contributed by atoms with Crippen LogP contribution in [0.1, 0.15) is 32.6 Å². The highest BCUT2D eigenvalue weighted by atomic mass is 16.1. The van der Waals surface area contributed by atoms with Crippen molar-refractivity contribution in [3.63, 3.8) is 0 Å². The first-order chi connectivity index (χ1) is 9.28. The maximum absolute atomic E-state index is 11.6. The predicted octanol–water partition coefficient (Wildman–Crippen LogP) is 1.91. The Labute approximate surface area is 114 Å². The molecule has 2 saturated heterocycles. The Morgan fingerprint density at radius 1 is 1.26 bits per heavy atom. The van der Waals surface area contributed by atoms with Crippen LogP contribution in [0.25, 0.3) is 0 Å². The third-order valence-corrected chi connectivity index (χ3v) is 4.53. The van der Waals surface area contributed by atoms with Crippen molar-refractivity contribution in [2.45, 2.75) is 51.2 Å². The molecule has 0 spiro atoms. The fourth-order valence-corrected chi connectivity index (χ4v) is 3.49. The molecule has 2 atom stereocenters. The Bertz CT molecular complexity index is 496. The van der Waals surface area contributed by atoms with Gasteiger partial charge in [0, 0.05) is 37.4 Å². The number of aromatic nitrogens is 1. The number of fused-ring (bicyclic) bond motifs is 1. The van der Waals surface area contributed by atoms with Gasteiger partial charge in [-0.2, -0.15) is 0 Å². The first-order valence-corrected chi connectivity index (χ1v) is 7.49. The number of nitrogens with one attached hydrogen (secondary N) is 1. The Kier molecular flexibility index (Phi) is 3.60. The van der Waals surface area contributed by atoms with Gasteiger partial charge in [-0.1, -0.05) is 6.42 Å². The van der Waals surface area contributed by atoms with Gasteiger partial charge >= 0.3 is 0 Å². The highest BCUT2D eigenvalue weighted by Gasteiger charge is 2.35. The molecule has 19 heavy (non-hydrogen) atoms. The van der Waals surface area contributed by atoms with Gasteiger partial charge in [0.05, 0.1) is 5.69 Å². The molecule has 104 valence electrons. The van der Waals surface area contributed by atoms with Crippen molar-refractivity contribution < 1.29 is 0 Å². The lowest BCUT2D eigenvalue weighted by Gasteiger charge is -2.33. The minimum absolute atomic E-state index is 0.0822. The van der Waals surface area contributed by atoms with E-state index in [-0.39, 0.29) is 5.56 Å². The molecule has 0 aliphatic carbocycles. The van der Waals surface area contributed by atoms with Crippen LogP contribution in [0.4, 0.5) is 5.69 Å². The summed E-state index contributed by atoms with van der Waals surface area (Å²) in [5, 5.41) is 3.64. The molecule has 3 rings (SSSR count). The van der Waals surface area contributed by atoms with Crippen molar-refractivity contribution in [3.8, 4) is 0 Å². The quantitative estimate of drug-likeness (QED) is 0.903. The average molecular weight is 261 g/mol. The van der Waals surface area contributed by atoms with Crippen LogP contribution in [0.3, 0.4) is 0 Å². The predicted molar refractivity (Wildman–Crippen MR) is 77.6 cm³/mol. The molecular weight excluding hydrogens is 238 g/mol. The van der Waals surface area contributed by atoms with Crippen LogP contribution in [-0.4, -0.2) is 34.6 Å². The maximum Gasteiger partial charge on any atom is 0.250 e. The second-order valence-electron chi connectivity index (χ2n) is 5.68.